The Bertz CT molecular complexity index is 344. The molecule has 0 aliphatic carbocycles. The highest BCUT2D eigenvalue weighted by Crippen LogP contribution is 2.17. The second-order valence-electron chi connectivity index (χ2n) is 5.49. The van der Waals surface area contributed by atoms with Crippen LogP contribution in [0.25, 0.3) is 0 Å². The quantitative estimate of drug-likeness (QED) is 0.215. The predicted molar refractivity (Wildman–Crippen MR) is 79.6 cm³/mol. The first-order valence-electron chi connectivity index (χ1n) is 6.83. The number of rotatable bonds is 9. The molecule has 116 valence electrons. The molecule has 0 spiro atoms. The summed E-state index contributed by atoms with van der Waals surface area (Å²) in [6.07, 6.45) is 5.07. The standard InChI is InChI=1S/C14H26O5Si/c1-17-13(15)10-8-6-7-9-12(11-14(16)18-2)19-20(3,4)5/h11H,6-10H2,1-5H3/b12-11-. The van der Waals surface area contributed by atoms with Gasteiger partial charge in [-0.05, 0) is 32.5 Å². The molecule has 0 aromatic heterocycles. The van der Waals surface area contributed by atoms with Crippen LogP contribution in [0.4, 0.5) is 0 Å². The van der Waals surface area contributed by atoms with Gasteiger partial charge in [-0.15, -0.1) is 0 Å². The van der Waals surface area contributed by atoms with Crippen molar-refractivity contribution in [2.75, 3.05) is 14.2 Å². The molecular weight excluding hydrogens is 276 g/mol. The summed E-state index contributed by atoms with van der Waals surface area (Å²) in [7, 11) is 0.997. The summed E-state index contributed by atoms with van der Waals surface area (Å²) in [5.74, 6) is 0.0931. The molecule has 0 atom stereocenters. The molecule has 0 aromatic carbocycles. The van der Waals surface area contributed by atoms with Crippen LogP contribution in [0.5, 0.6) is 0 Å². The highest BCUT2D eigenvalue weighted by molar-refractivity contribution is 6.70. The molecule has 0 N–H and O–H groups in total. The number of ether oxygens (including phenoxy) is 2. The molecule has 0 radical (unpaired) electrons. The molecule has 0 saturated heterocycles. The van der Waals surface area contributed by atoms with Gasteiger partial charge in [-0.2, -0.15) is 0 Å². The fraction of sp³-hybridized carbons (Fsp3) is 0.714. The molecule has 0 aliphatic rings. The molecule has 20 heavy (non-hydrogen) atoms. The summed E-state index contributed by atoms with van der Waals surface area (Å²) in [5.41, 5.74) is 0. The van der Waals surface area contributed by atoms with Crippen molar-refractivity contribution in [2.24, 2.45) is 0 Å². The van der Waals surface area contributed by atoms with Crippen LogP contribution in [0.1, 0.15) is 32.1 Å². The minimum absolute atomic E-state index is 0.186. The summed E-state index contributed by atoms with van der Waals surface area (Å²) in [6.45, 7) is 6.19. The number of carbonyl (C=O) groups excluding carboxylic acids is 2. The third kappa shape index (κ3) is 10.6. The van der Waals surface area contributed by atoms with E-state index < -0.39 is 14.3 Å². The van der Waals surface area contributed by atoms with Crippen LogP contribution in [0.2, 0.25) is 19.6 Å². The molecule has 6 heteroatoms. The Morgan fingerprint density at radius 1 is 0.950 bits per heavy atom. The molecule has 0 aromatic rings. The fourth-order valence-corrected chi connectivity index (χ4v) is 2.53. The van der Waals surface area contributed by atoms with Crippen molar-refractivity contribution < 1.29 is 23.5 Å². The number of unbranched alkanes of at least 4 members (excludes halogenated alkanes) is 2. The maximum absolute atomic E-state index is 11.3. The van der Waals surface area contributed by atoms with E-state index in [-0.39, 0.29) is 5.97 Å². The fourth-order valence-electron chi connectivity index (χ4n) is 1.58. The van der Waals surface area contributed by atoms with Gasteiger partial charge in [0.2, 0.25) is 8.32 Å². The van der Waals surface area contributed by atoms with Crippen LogP contribution in [-0.4, -0.2) is 34.5 Å². The minimum atomic E-state index is -1.74. The zero-order valence-corrected chi connectivity index (χ0v) is 14.2. The molecule has 5 nitrogen and oxygen atoms in total. The molecule has 0 aliphatic heterocycles. The van der Waals surface area contributed by atoms with E-state index in [0.717, 1.165) is 19.3 Å². The number of carbonyl (C=O) groups is 2. The van der Waals surface area contributed by atoms with Crippen molar-refractivity contribution >= 4 is 20.3 Å². The zero-order valence-electron chi connectivity index (χ0n) is 13.2. The lowest BCUT2D eigenvalue weighted by Gasteiger charge is -2.21. The van der Waals surface area contributed by atoms with Crippen molar-refractivity contribution in [2.45, 2.75) is 51.7 Å². The summed E-state index contributed by atoms with van der Waals surface area (Å²) in [6, 6.07) is 0. The average molecular weight is 302 g/mol. The number of hydrogen-bond donors (Lipinski definition) is 0. The molecule has 0 fully saturated rings. The molecule has 0 rings (SSSR count). The van der Waals surface area contributed by atoms with E-state index in [9.17, 15) is 9.59 Å². The van der Waals surface area contributed by atoms with Gasteiger partial charge < -0.3 is 13.9 Å². The molecule has 0 heterocycles. The first-order valence-corrected chi connectivity index (χ1v) is 10.2. The predicted octanol–water partition coefficient (Wildman–Crippen LogP) is 3.02. The highest BCUT2D eigenvalue weighted by Gasteiger charge is 2.18. The first kappa shape index (κ1) is 18.7. The lowest BCUT2D eigenvalue weighted by atomic mass is 10.1. The van der Waals surface area contributed by atoms with Gasteiger partial charge in [0.25, 0.3) is 0 Å². The maximum Gasteiger partial charge on any atom is 0.333 e. The Hall–Kier alpha value is -1.30. The zero-order chi connectivity index (χ0) is 15.6. The Balaban J connectivity index is 4.21. The van der Waals surface area contributed by atoms with E-state index >= 15 is 0 Å². The topological polar surface area (TPSA) is 61.8 Å². The van der Waals surface area contributed by atoms with Crippen LogP contribution in [0.15, 0.2) is 11.8 Å². The van der Waals surface area contributed by atoms with Crippen LogP contribution < -0.4 is 0 Å². The van der Waals surface area contributed by atoms with Gasteiger partial charge in [0.1, 0.15) is 0 Å². The van der Waals surface area contributed by atoms with Crippen LogP contribution in [-0.2, 0) is 23.5 Å². The summed E-state index contributed by atoms with van der Waals surface area (Å²) in [5, 5.41) is 0. The van der Waals surface area contributed by atoms with Crippen molar-refractivity contribution in [3.63, 3.8) is 0 Å². The average Bonchev–Trinajstić information content (AvgIpc) is 2.35. The minimum Gasteiger partial charge on any atom is -0.547 e. The van der Waals surface area contributed by atoms with Gasteiger partial charge in [-0.25, -0.2) is 4.79 Å². The Morgan fingerprint density at radius 3 is 2.05 bits per heavy atom. The Labute approximate surface area is 122 Å². The lowest BCUT2D eigenvalue weighted by molar-refractivity contribution is -0.140. The van der Waals surface area contributed by atoms with E-state index in [4.69, 9.17) is 4.43 Å². The van der Waals surface area contributed by atoms with Crippen molar-refractivity contribution in [3.8, 4) is 0 Å². The maximum atomic E-state index is 11.3. The molecule has 0 bridgehead atoms. The van der Waals surface area contributed by atoms with E-state index in [1.165, 1.54) is 20.3 Å². The largest absolute Gasteiger partial charge is 0.547 e. The van der Waals surface area contributed by atoms with Crippen LogP contribution in [0.3, 0.4) is 0 Å². The molecular formula is C14H26O5Si. The number of hydrogen-bond acceptors (Lipinski definition) is 5. The highest BCUT2D eigenvalue weighted by atomic mass is 28.4. The van der Waals surface area contributed by atoms with Gasteiger partial charge in [0, 0.05) is 12.8 Å². The van der Waals surface area contributed by atoms with Gasteiger partial charge in [0.05, 0.1) is 26.1 Å². The normalized spacial score (nSPS) is 11.9. The lowest BCUT2D eigenvalue weighted by Crippen LogP contribution is -2.25. The Morgan fingerprint density at radius 2 is 1.55 bits per heavy atom. The van der Waals surface area contributed by atoms with Gasteiger partial charge >= 0.3 is 11.9 Å². The molecule has 0 saturated carbocycles. The van der Waals surface area contributed by atoms with E-state index in [2.05, 4.69) is 29.1 Å². The van der Waals surface area contributed by atoms with Crippen LogP contribution in [0, 0.1) is 0 Å². The molecule has 0 unspecified atom stereocenters. The van der Waals surface area contributed by atoms with Crippen molar-refractivity contribution in [1.29, 1.82) is 0 Å². The number of esters is 2. The van der Waals surface area contributed by atoms with Crippen molar-refractivity contribution in [3.05, 3.63) is 11.8 Å². The van der Waals surface area contributed by atoms with Crippen molar-refractivity contribution in [1.82, 2.24) is 0 Å². The number of allylic oxidation sites excluding steroid dienone is 1. The third-order valence-electron chi connectivity index (χ3n) is 2.45. The summed E-state index contributed by atoms with van der Waals surface area (Å²) >= 11 is 0. The smallest absolute Gasteiger partial charge is 0.333 e. The summed E-state index contributed by atoms with van der Waals surface area (Å²) < 4.78 is 15.1. The number of methoxy groups -OCH3 is 2. The second-order valence-corrected chi connectivity index (χ2v) is 9.91. The van der Waals surface area contributed by atoms with Gasteiger partial charge in [-0.1, -0.05) is 6.42 Å². The van der Waals surface area contributed by atoms with E-state index in [1.807, 2.05) is 0 Å². The van der Waals surface area contributed by atoms with Crippen LogP contribution >= 0.6 is 0 Å². The monoisotopic (exact) mass is 302 g/mol. The second kappa shape index (κ2) is 9.58. The first-order chi connectivity index (χ1) is 9.28. The van der Waals surface area contributed by atoms with Gasteiger partial charge in [0.15, 0.2) is 0 Å². The van der Waals surface area contributed by atoms with E-state index in [0.29, 0.717) is 18.6 Å². The third-order valence-corrected chi connectivity index (χ3v) is 3.32. The van der Waals surface area contributed by atoms with Gasteiger partial charge in [-0.3, -0.25) is 4.79 Å². The molecule has 0 amide bonds. The SMILES string of the molecule is COC(=O)/C=C(/CCCCCC(=O)OC)O[Si](C)(C)C. The Kier molecular flexibility index (Phi) is 8.95. The van der Waals surface area contributed by atoms with E-state index in [1.54, 1.807) is 0 Å². The summed E-state index contributed by atoms with van der Waals surface area (Å²) in [4.78, 5) is 22.3.